The maximum atomic E-state index is 8.53. The molecule has 0 bridgehead atoms. The third-order valence-corrected chi connectivity index (χ3v) is 1.07. The molecular weight excluding hydrogens is 119 g/mol. The van der Waals surface area contributed by atoms with Crippen LogP contribution in [0.5, 0.6) is 0 Å². The summed E-state index contributed by atoms with van der Waals surface area (Å²) in [6.45, 7) is 3.50. The molecular formula is C4H9NaOS. The molecule has 2 atom stereocenters. The van der Waals surface area contributed by atoms with Gasteiger partial charge in [-0.05, 0) is 6.92 Å². The van der Waals surface area contributed by atoms with Gasteiger partial charge in [-0.1, -0.05) is 6.92 Å². The van der Waals surface area contributed by atoms with Crippen LogP contribution < -0.4 is 29.6 Å². The summed E-state index contributed by atoms with van der Waals surface area (Å²) in [7, 11) is 0. The quantitative estimate of drug-likeness (QED) is 0.306. The van der Waals surface area contributed by atoms with Gasteiger partial charge in [0, 0.05) is 6.10 Å². The maximum absolute atomic E-state index is 8.53. The van der Waals surface area contributed by atoms with E-state index < -0.39 is 0 Å². The molecule has 0 aliphatic carbocycles. The van der Waals surface area contributed by atoms with E-state index in [1.165, 1.54) is 0 Å². The predicted molar refractivity (Wildman–Crippen MR) is 28.5 cm³/mol. The number of hydrogen-bond acceptors (Lipinski definition) is 2. The van der Waals surface area contributed by atoms with Crippen molar-refractivity contribution in [1.29, 1.82) is 0 Å². The summed E-state index contributed by atoms with van der Waals surface area (Å²) < 4.78 is 0. The van der Waals surface area contributed by atoms with Gasteiger partial charge < -0.3 is 17.7 Å². The molecule has 0 amide bonds. The minimum absolute atomic E-state index is 0. The molecule has 0 aromatic rings. The molecule has 0 saturated carbocycles. The van der Waals surface area contributed by atoms with Crippen LogP contribution in [0.1, 0.15) is 13.8 Å². The molecule has 0 aromatic heterocycles. The summed E-state index contributed by atoms with van der Waals surface area (Å²) in [5.41, 5.74) is 0. The molecule has 1 N–H and O–H groups in total. The Morgan fingerprint density at radius 2 is 1.57 bits per heavy atom. The van der Waals surface area contributed by atoms with Crippen LogP contribution in [0, 0.1) is 0 Å². The molecule has 0 radical (unpaired) electrons. The third kappa shape index (κ3) is 7.31. The summed E-state index contributed by atoms with van der Waals surface area (Å²) >= 11 is 4.65. The minimum atomic E-state index is -0.333. The zero-order valence-electron chi connectivity index (χ0n) is 5.01. The van der Waals surface area contributed by atoms with Crippen LogP contribution in [0.4, 0.5) is 0 Å². The average Bonchev–Trinajstić information content (AvgIpc) is 1.36. The van der Waals surface area contributed by atoms with Crippen molar-refractivity contribution in [2.45, 2.75) is 25.2 Å². The van der Waals surface area contributed by atoms with E-state index in [0.29, 0.717) is 0 Å². The van der Waals surface area contributed by atoms with Crippen LogP contribution in [0.3, 0.4) is 0 Å². The SMILES string of the molecule is CC(O)C(C)[S-].[Na+]. The Bertz CT molecular complexity index is 32.7. The first-order chi connectivity index (χ1) is 2.64. The Morgan fingerprint density at radius 1 is 1.43 bits per heavy atom. The Kier molecular flexibility index (Phi) is 8.68. The van der Waals surface area contributed by atoms with Crippen LogP contribution >= 0.6 is 0 Å². The number of rotatable bonds is 1. The van der Waals surface area contributed by atoms with Gasteiger partial charge in [0.15, 0.2) is 0 Å². The van der Waals surface area contributed by atoms with Gasteiger partial charge in [0.05, 0.1) is 0 Å². The summed E-state index contributed by atoms with van der Waals surface area (Å²) in [5, 5.41) is 8.52. The van der Waals surface area contributed by atoms with Crippen molar-refractivity contribution in [2.75, 3.05) is 0 Å². The van der Waals surface area contributed by atoms with E-state index >= 15 is 0 Å². The van der Waals surface area contributed by atoms with E-state index in [0.717, 1.165) is 0 Å². The molecule has 2 unspecified atom stereocenters. The zero-order valence-corrected chi connectivity index (χ0v) is 7.83. The van der Waals surface area contributed by atoms with Crippen LogP contribution in [0.25, 0.3) is 0 Å². The Morgan fingerprint density at radius 3 is 1.57 bits per heavy atom. The fraction of sp³-hybridized carbons (Fsp3) is 1.00. The van der Waals surface area contributed by atoms with Crippen molar-refractivity contribution in [3.63, 3.8) is 0 Å². The van der Waals surface area contributed by atoms with Gasteiger partial charge in [-0.25, -0.2) is 0 Å². The van der Waals surface area contributed by atoms with Gasteiger partial charge in [0.2, 0.25) is 0 Å². The largest absolute Gasteiger partial charge is 1.00 e. The fourth-order valence-electron chi connectivity index (χ4n) is 0. The molecule has 0 aliphatic rings. The summed E-state index contributed by atoms with van der Waals surface area (Å²) in [5.74, 6) is 0. The molecule has 1 nitrogen and oxygen atoms in total. The van der Waals surface area contributed by atoms with E-state index in [1.54, 1.807) is 13.8 Å². The molecule has 0 aromatic carbocycles. The van der Waals surface area contributed by atoms with Crippen LogP contribution in [0.15, 0.2) is 0 Å². The van der Waals surface area contributed by atoms with E-state index in [9.17, 15) is 0 Å². The first-order valence-corrected chi connectivity index (χ1v) is 2.45. The number of aliphatic hydroxyl groups excluding tert-OH is 1. The van der Waals surface area contributed by atoms with Gasteiger partial charge in [-0.3, -0.25) is 0 Å². The van der Waals surface area contributed by atoms with Gasteiger partial charge in [0.25, 0.3) is 0 Å². The Hall–Kier alpha value is 1.31. The second-order valence-electron chi connectivity index (χ2n) is 1.45. The van der Waals surface area contributed by atoms with Crippen molar-refractivity contribution >= 4 is 12.6 Å². The predicted octanol–water partition coefficient (Wildman–Crippen LogP) is -2.69. The first-order valence-electron chi connectivity index (χ1n) is 1.98. The van der Waals surface area contributed by atoms with Crippen molar-refractivity contribution in [3.8, 4) is 0 Å². The molecule has 0 fully saturated rings. The van der Waals surface area contributed by atoms with Crippen molar-refractivity contribution in [1.82, 2.24) is 0 Å². The average molecular weight is 128 g/mol. The van der Waals surface area contributed by atoms with Gasteiger partial charge in [-0.2, -0.15) is 0 Å². The van der Waals surface area contributed by atoms with Gasteiger partial charge in [-0.15, -0.1) is 5.25 Å². The molecule has 7 heavy (non-hydrogen) atoms. The minimum Gasteiger partial charge on any atom is -0.787 e. The molecule has 38 valence electrons. The van der Waals surface area contributed by atoms with E-state index in [1.807, 2.05) is 0 Å². The summed E-state index contributed by atoms with van der Waals surface area (Å²) in [6, 6.07) is 0. The van der Waals surface area contributed by atoms with E-state index in [-0.39, 0.29) is 40.9 Å². The van der Waals surface area contributed by atoms with E-state index in [2.05, 4.69) is 12.6 Å². The summed E-state index contributed by atoms with van der Waals surface area (Å²) in [6.07, 6.45) is -0.333. The third-order valence-electron chi connectivity index (χ3n) is 0.679. The zero-order chi connectivity index (χ0) is 5.15. The Balaban J connectivity index is 0. The van der Waals surface area contributed by atoms with Crippen molar-refractivity contribution < 1.29 is 34.7 Å². The second-order valence-corrected chi connectivity index (χ2v) is 2.19. The van der Waals surface area contributed by atoms with Gasteiger partial charge in [0.1, 0.15) is 0 Å². The monoisotopic (exact) mass is 128 g/mol. The molecule has 0 saturated heterocycles. The number of hydrogen-bond donors (Lipinski definition) is 1. The van der Waals surface area contributed by atoms with Gasteiger partial charge >= 0.3 is 29.6 Å². The molecule has 0 aliphatic heterocycles. The molecule has 3 heteroatoms. The topological polar surface area (TPSA) is 20.2 Å². The number of aliphatic hydroxyl groups is 1. The smallest absolute Gasteiger partial charge is 0.787 e. The van der Waals surface area contributed by atoms with Crippen molar-refractivity contribution in [2.24, 2.45) is 0 Å². The normalized spacial score (nSPS) is 17.1. The fourth-order valence-corrected chi connectivity index (χ4v) is 0. The van der Waals surface area contributed by atoms with E-state index in [4.69, 9.17) is 5.11 Å². The molecule has 0 rings (SSSR count). The maximum Gasteiger partial charge on any atom is 1.00 e. The standard InChI is InChI=1S/C4H10OS.Na/c1-3(5)4(2)6;/h3-6H,1-2H3;/q;+1/p-1. The van der Waals surface area contributed by atoms with Crippen LogP contribution in [0.2, 0.25) is 0 Å². The second kappa shape index (κ2) is 5.45. The van der Waals surface area contributed by atoms with Crippen LogP contribution in [-0.2, 0) is 12.6 Å². The summed E-state index contributed by atoms with van der Waals surface area (Å²) in [4.78, 5) is 0. The molecule has 0 spiro atoms. The molecule has 0 heterocycles. The van der Waals surface area contributed by atoms with Crippen molar-refractivity contribution in [3.05, 3.63) is 0 Å². The Labute approximate surface area is 72.2 Å². The van der Waals surface area contributed by atoms with Crippen LogP contribution in [-0.4, -0.2) is 16.5 Å². The first kappa shape index (κ1) is 11.2.